The fraction of sp³-hybridized carbons (Fsp3) is 0.500. The molecule has 0 aliphatic carbocycles. The Morgan fingerprint density at radius 2 is 1.11 bits per heavy atom. The summed E-state index contributed by atoms with van der Waals surface area (Å²) in [4.78, 5) is -2.95. The van der Waals surface area contributed by atoms with Crippen molar-refractivity contribution in [3.63, 3.8) is 0 Å². The van der Waals surface area contributed by atoms with Crippen molar-refractivity contribution in [3.05, 3.63) is 22.5 Å². The van der Waals surface area contributed by atoms with Crippen LogP contribution in [0.25, 0.3) is 0 Å². The van der Waals surface area contributed by atoms with E-state index in [0.29, 0.717) is 0 Å². The van der Waals surface area contributed by atoms with Crippen LogP contribution in [0.5, 0.6) is 0 Å². The molecule has 0 aromatic heterocycles. The van der Waals surface area contributed by atoms with Crippen LogP contribution >= 0.6 is 0 Å². The SMILES string of the molecule is [O-][S+](C(=CF)CC(F)(F)F)C(=CF)CC(F)(F)F. The maximum Gasteiger partial charge on any atom is 0.397 e. The molecular weight excluding hydrogens is 296 g/mol. The molecule has 1 nitrogen and oxygen atoms in total. The Balaban J connectivity index is 4.93. The third-order valence-electron chi connectivity index (χ3n) is 1.47. The summed E-state index contributed by atoms with van der Waals surface area (Å²) >= 11 is -3.16. The number of hydrogen-bond donors (Lipinski definition) is 0. The Kier molecular flexibility index (Phi) is 6.14. The maximum absolute atomic E-state index is 12.1. The first-order chi connectivity index (χ1) is 8.00. The van der Waals surface area contributed by atoms with Crippen molar-refractivity contribution >= 4 is 11.2 Å². The first kappa shape index (κ1) is 17.2. The molecule has 106 valence electrons. The monoisotopic (exact) mass is 302 g/mol. The largest absolute Gasteiger partial charge is 0.607 e. The molecule has 0 bridgehead atoms. The number of alkyl halides is 6. The Bertz CT molecular complexity index is 297. The van der Waals surface area contributed by atoms with E-state index < -0.39 is 58.8 Å². The Labute approximate surface area is 99.3 Å². The second-order valence-electron chi connectivity index (χ2n) is 3.00. The van der Waals surface area contributed by atoms with Crippen LogP contribution in [0.15, 0.2) is 22.5 Å². The Morgan fingerprint density at radius 3 is 1.28 bits per heavy atom. The minimum absolute atomic E-state index is 0.733. The maximum atomic E-state index is 12.1. The molecule has 0 aromatic rings. The van der Waals surface area contributed by atoms with Gasteiger partial charge in [0.15, 0.2) is 9.81 Å². The van der Waals surface area contributed by atoms with Crippen LogP contribution in [-0.4, -0.2) is 16.9 Å². The predicted octanol–water partition coefficient (Wildman–Crippen LogP) is 4.26. The van der Waals surface area contributed by atoms with E-state index in [9.17, 15) is 39.7 Å². The van der Waals surface area contributed by atoms with E-state index in [1.54, 1.807) is 0 Å². The summed E-state index contributed by atoms with van der Waals surface area (Å²) in [5.74, 6) is 0. The van der Waals surface area contributed by atoms with Gasteiger partial charge in [0.05, 0.1) is 0 Å². The fourth-order valence-corrected chi connectivity index (χ4v) is 1.94. The fourth-order valence-electron chi connectivity index (χ4n) is 0.853. The quantitative estimate of drug-likeness (QED) is 0.562. The van der Waals surface area contributed by atoms with E-state index in [-0.39, 0.29) is 0 Å². The summed E-state index contributed by atoms with van der Waals surface area (Å²) in [7, 11) is 0. The van der Waals surface area contributed by atoms with Crippen molar-refractivity contribution in [3.8, 4) is 0 Å². The molecule has 0 aromatic carbocycles. The first-order valence-corrected chi connectivity index (χ1v) is 5.29. The molecule has 0 unspecified atom stereocenters. The third-order valence-corrected chi connectivity index (χ3v) is 2.89. The second kappa shape index (κ2) is 6.41. The van der Waals surface area contributed by atoms with Gasteiger partial charge in [-0.3, -0.25) is 0 Å². The molecule has 10 heteroatoms. The molecule has 0 heterocycles. The van der Waals surface area contributed by atoms with Crippen molar-refractivity contribution in [2.75, 3.05) is 0 Å². The van der Waals surface area contributed by atoms with Gasteiger partial charge in [0.1, 0.15) is 25.5 Å². The van der Waals surface area contributed by atoms with Crippen LogP contribution < -0.4 is 0 Å². The van der Waals surface area contributed by atoms with Crippen molar-refractivity contribution in [1.82, 2.24) is 0 Å². The van der Waals surface area contributed by atoms with Gasteiger partial charge >= 0.3 is 12.4 Å². The summed E-state index contributed by atoms with van der Waals surface area (Å²) < 4.78 is 107. The minimum atomic E-state index is -4.97. The van der Waals surface area contributed by atoms with Crippen LogP contribution in [0.1, 0.15) is 12.8 Å². The number of rotatable bonds is 4. The predicted molar refractivity (Wildman–Crippen MR) is 47.9 cm³/mol. The zero-order valence-corrected chi connectivity index (χ0v) is 9.23. The lowest BCUT2D eigenvalue weighted by atomic mass is 10.4. The average Bonchev–Trinajstić information content (AvgIpc) is 2.19. The van der Waals surface area contributed by atoms with Gasteiger partial charge in [0, 0.05) is 11.2 Å². The van der Waals surface area contributed by atoms with Gasteiger partial charge in [-0.25, -0.2) is 8.78 Å². The molecule has 0 amide bonds. The molecule has 0 aliphatic heterocycles. The van der Waals surface area contributed by atoms with Gasteiger partial charge < -0.3 is 4.55 Å². The second-order valence-corrected chi connectivity index (χ2v) is 4.59. The van der Waals surface area contributed by atoms with Crippen molar-refractivity contribution in [1.29, 1.82) is 0 Å². The lowest BCUT2D eigenvalue weighted by Gasteiger charge is -2.16. The minimum Gasteiger partial charge on any atom is -0.607 e. The lowest BCUT2D eigenvalue weighted by Crippen LogP contribution is -2.19. The normalized spacial score (nSPS) is 16.9. The van der Waals surface area contributed by atoms with Gasteiger partial charge in [0.2, 0.25) is 0 Å². The zero-order valence-electron chi connectivity index (χ0n) is 8.41. The molecule has 0 spiro atoms. The number of allylic oxidation sites excluding steroid dienone is 2. The molecule has 0 saturated carbocycles. The number of hydrogen-bond acceptors (Lipinski definition) is 1. The van der Waals surface area contributed by atoms with E-state index in [2.05, 4.69) is 0 Å². The molecular formula is C8H6F8OS. The molecule has 0 radical (unpaired) electrons. The van der Waals surface area contributed by atoms with Crippen LogP contribution in [0.2, 0.25) is 0 Å². The highest BCUT2D eigenvalue weighted by atomic mass is 32.2. The van der Waals surface area contributed by atoms with Crippen LogP contribution in [0, 0.1) is 0 Å². The standard InChI is InChI=1S/C8H6F8OS/c9-3-5(1-7(11,12)13)18(17)6(4-10)2-8(14,15)16/h3-4H,1-2H2. The summed E-state index contributed by atoms with van der Waals surface area (Å²) in [5, 5.41) is 0. The molecule has 18 heavy (non-hydrogen) atoms. The summed E-state index contributed by atoms with van der Waals surface area (Å²) in [5.41, 5.74) is 0. The molecule has 0 atom stereocenters. The highest BCUT2D eigenvalue weighted by molar-refractivity contribution is 7.98. The Hall–Kier alpha value is -0.770. The van der Waals surface area contributed by atoms with Gasteiger partial charge in [-0.2, -0.15) is 26.3 Å². The molecule has 0 aliphatic rings. The van der Waals surface area contributed by atoms with Crippen LogP contribution in [-0.2, 0) is 11.2 Å². The van der Waals surface area contributed by atoms with Gasteiger partial charge in [0.25, 0.3) is 0 Å². The first-order valence-electron chi connectivity index (χ1n) is 4.14. The van der Waals surface area contributed by atoms with E-state index in [0.717, 1.165) is 0 Å². The highest BCUT2D eigenvalue weighted by Crippen LogP contribution is 2.35. The molecule has 0 rings (SSSR count). The third kappa shape index (κ3) is 6.84. The van der Waals surface area contributed by atoms with Crippen LogP contribution in [0.3, 0.4) is 0 Å². The van der Waals surface area contributed by atoms with Crippen molar-refractivity contribution < 1.29 is 39.7 Å². The van der Waals surface area contributed by atoms with E-state index >= 15 is 0 Å². The van der Waals surface area contributed by atoms with Gasteiger partial charge in [-0.05, 0) is 0 Å². The van der Waals surface area contributed by atoms with Gasteiger partial charge in [-0.1, -0.05) is 0 Å². The van der Waals surface area contributed by atoms with Crippen LogP contribution in [0.4, 0.5) is 35.1 Å². The summed E-state index contributed by atoms with van der Waals surface area (Å²) in [6.45, 7) is 0. The van der Waals surface area contributed by atoms with E-state index in [4.69, 9.17) is 0 Å². The Morgan fingerprint density at radius 1 is 0.833 bits per heavy atom. The number of halogens is 8. The van der Waals surface area contributed by atoms with E-state index in [1.165, 1.54) is 0 Å². The smallest absolute Gasteiger partial charge is 0.397 e. The molecule has 0 saturated heterocycles. The highest BCUT2D eigenvalue weighted by Gasteiger charge is 2.40. The van der Waals surface area contributed by atoms with Crippen molar-refractivity contribution in [2.24, 2.45) is 0 Å². The molecule has 0 N–H and O–H groups in total. The molecule has 0 fully saturated rings. The average molecular weight is 302 g/mol. The van der Waals surface area contributed by atoms with Crippen molar-refractivity contribution in [2.45, 2.75) is 25.2 Å². The summed E-state index contributed by atoms with van der Waals surface area (Å²) in [6, 6.07) is 0. The van der Waals surface area contributed by atoms with Gasteiger partial charge in [-0.15, -0.1) is 0 Å². The lowest BCUT2D eigenvalue weighted by molar-refractivity contribution is -0.126. The topological polar surface area (TPSA) is 23.1 Å². The van der Waals surface area contributed by atoms with E-state index in [1.807, 2.05) is 0 Å². The summed E-state index contributed by atoms with van der Waals surface area (Å²) in [6.07, 6.45) is -15.4. The zero-order chi connectivity index (χ0) is 14.6.